The summed E-state index contributed by atoms with van der Waals surface area (Å²) in [7, 11) is 0. The molecule has 0 saturated heterocycles. The molecule has 0 aliphatic rings. The van der Waals surface area contributed by atoms with Gasteiger partial charge in [0.1, 0.15) is 0 Å². The zero-order valence-corrected chi connectivity index (χ0v) is 11.5. The molecular weight excluding hydrogens is 250 g/mol. The Morgan fingerprint density at radius 1 is 1.06 bits per heavy atom. The number of aromatic nitrogens is 1. The van der Waals surface area contributed by atoms with Gasteiger partial charge in [-0.3, -0.25) is 4.98 Å². The number of pyridine rings is 1. The lowest BCUT2D eigenvalue weighted by Crippen LogP contribution is -1.99. The standard InChI is InChI=1S/C14H16ClNO2/c1-4-17-13-7-10-11(15)6-9(3)16-12(10)8-14(13)18-5-2/h6-8H,4-5H2,1-3H3. The van der Waals surface area contributed by atoms with Gasteiger partial charge in [-0.15, -0.1) is 0 Å². The third-order valence-electron chi connectivity index (χ3n) is 2.55. The minimum absolute atomic E-state index is 0.586. The first-order valence-corrected chi connectivity index (χ1v) is 6.40. The van der Waals surface area contributed by atoms with Gasteiger partial charge in [0, 0.05) is 17.1 Å². The summed E-state index contributed by atoms with van der Waals surface area (Å²) < 4.78 is 11.1. The summed E-state index contributed by atoms with van der Waals surface area (Å²) in [4.78, 5) is 4.46. The van der Waals surface area contributed by atoms with E-state index >= 15 is 0 Å². The molecule has 1 aromatic carbocycles. The Labute approximate surface area is 112 Å². The quantitative estimate of drug-likeness (QED) is 0.837. The largest absolute Gasteiger partial charge is 0.490 e. The van der Waals surface area contributed by atoms with Crippen LogP contribution in [-0.4, -0.2) is 18.2 Å². The van der Waals surface area contributed by atoms with Crippen LogP contribution in [0, 0.1) is 6.92 Å². The molecule has 0 atom stereocenters. The maximum atomic E-state index is 6.23. The van der Waals surface area contributed by atoms with Crippen LogP contribution in [0.2, 0.25) is 5.02 Å². The molecule has 0 unspecified atom stereocenters. The Hall–Kier alpha value is -1.48. The number of fused-ring (bicyclic) bond motifs is 1. The second-order valence-corrected chi connectivity index (χ2v) is 4.33. The van der Waals surface area contributed by atoms with Crippen molar-refractivity contribution in [2.75, 3.05) is 13.2 Å². The van der Waals surface area contributed by atoms with Crippen molar-refractivity contribution in [1.82, 2.24) is 4.98 Å². The van der Waals surface area contributed by atoms with Gasteiger partial charge in [0.2, 0.25) is 0 Å². The van der Waals surface area contributed by atoms with E-state index in [0.29, 0.717) is 29.7 Å². The highest BCUT2D eigenvalue weighted by molar-refractivity contribution is 6.35. The Balaban J connectivity index is 2.63. The molecule has 2 aromatic rings. The minimum Gasteiger partial charge on any atom is -0.490 e. The zero-order chi connectivity index (χ0) is 13.1. The summed E-state index contributed by atoms with van der Waals surface area (Å²) in [6, 6.07) is 5.61. The number of nitrogens with zero attached hydrogens (tertiary/aromatic N) is 1. The average molecular weight is 266 g/mol. The summed E-state index contributed by atoms with van der Waals surface area (Å²) in [5.41, 5.74) is 1.71. The van der Waals surface area contributed by atoms with Crippen LogP contribution in [0.3, 0.4) is 0 Å². The molecule has 0 spiro atoms. The molecule has 0 amide bonds. The number of aryl methyl sites for hydroxylation is 1. The van der Waals surface area contributed by atoms with E-state index in [4.69, 9.17) is 21.1 Å². The van der Waals surface area contributed by atoms with Crippen LogP contribution in [-0.2, 0) is 0 Å². The van der Waals surface area contributed by atoms with E-state index in [-0.39, 0.29) is 0 Å². The second kappa shape index (κ2) is 5.44. The number of halogens is 1. The Morgan fingerprint density at radius 3 is 2.28 bits per heavy atom. The van der Waals surface area contributed by atoms with Crippen molar-refractivity contribution >= 4 is 22.5 Å². The van der Waals surface area contributed by atoms with E-state index in [9.17, 15) is 0 Å². The third kappa shape index (κ3) is 2.51. The molecule has 4 heteroatoms. The minimum atomic E-state index is 0.586. The van der Waals surface area contributed by atoms with Crippen LogP contribution in [0.5, 0.6) is 11.5 Å². The molecule has 0 saturated carbocycles. The van der Waals surface area contributed by atoms with Crippen LogP contribution in [0.4, 0.5) is 0 Å². The number of rotatable bonds is 4. The number of hydrogen-bond donors (Lipinski definition) is 0. The van der Waals surface area contributed by atoms with Crippen molar-refractivity contribution in [3.8, 4) is 11.5 Å². The van der Waals surface area contributed by atoms with Gasteiger partial charge in [-0.1, -0.05) is 11.6 Å². The van der Waals surface area contributed by atoms with E-state index in [1.807, 2.05) is 39.0 Å². The van der Waals surface area contributed by atoms with Gasteiger partial charge in [-0.25, -0.2) is 0 Å². The molecule has 1 heterocycles. The first kappa shape index (κ1) is 13.0. The van der Waals surface area contributed by atoms with Crippen LogP contribution >= 0.6 is 11.6 Å². The predicted octanol–water partition coefficient (Wildman–Crippen LogP) is 3.99. The molecule has 0 fully saturated rings. The van der Waals surface area contributed by atoms with Crippen molar-refractivity contribution in [3.63, 3.8) is 0 Å². The Morgan fingerprint density at radius 2 is 1.67 bits per heavy atom. The van der Waals surface area contributed by atoms with Crippen molar-refractivity contribution in [1.29, 1.82) is 0 Å². The van der Waals surface area contributed by atoms with E-state index < -0.39 is 0 Å². The Bertz CT molecular complexity index is 569. The van der Waals surface area contributed by atoms with Crippen molar-refractivity contribution in [2.24, 2.45) is 0 Å². The highest BCUT2D eigenvalue weighted by Gasteiger charge is 2.10. The fraction of sp³-hybridized carbons (Fsp3) is 0.357. The second-order valence-electron chi connectivity index (χ2n) is 3.93. The smallest absolute Gasteiger partial charge is 0.163 e. The summed E-state index contributed by atoms with van der Waals surface area (Å²) in [5, 5.41) is 1.57. The van der Waals surface area contributed by atoms with E-state index in [2.05, 4.69) is 4.98 Å². The van der Waals surface area contributed by atoms with Crippen LogP contribution in [0.25, 0.3) is 10.9 Å². The van der Waals surface area contributed by atoms with Crippen LogP contribution in [0.1, 0.15) is 19.5 Å². The van der Waals surface area contributed by atoms with Gasteiger partial charge >= 0.3 is 0 Å². The molecule has 18 heavy (non-hydrogen) atoms. The molecule has 0 aliphatic carbocycles. The number of benzene rings is 1. The maximum absolute atomic E-state index is 6.23. The molecular formula is C14H16ClNO2. The summed E-state index contributed by atoms with van der Waals surface area (Å²) >= 11 is 6.23. The SMILES string of the molecule is CCOc1cc2nc(C)cc(Cl)c2cc1OCC. The molecule has 3 nitrogen and oxygen atoms in total. The van der Waals surface area contributed by atoms with Gasteiger partial charge in [-0.2, -0.15) is 0 Å². The summed E-state index contributed by atoms with van der Waals surface area (Å²) in [6.07, 6.45) is 0. The summed E-state index contributed by atoms with van der Waals surface area (Å²) in [6.45, 7) is 6.97. The lowest BCUT2D eigenvalue weighted by Gasteiger charge is -2.12. The lowest BCUT2D eigenvalue weighted by atomic mass is 10.2. The fourth-order valence-corrected chi connectivity index (χ4v) is 2.16. The van der Waals surface area contributed by atoms with Crippen molar-refractivity contribution in [2.45, 2.75) is 20.8 Å². The predicted molar refractivity (Wildman–Crippen MR) is 73.8 cm³/mol. The van der Waals surface area contributed by atoms with Gasteiger partial charge in [0.15, 0.2) is 11.5 Å². The highest BCUT2D eigenvalue weighted by atomic mass is 35.5. The maximum Gasteiger partial charge on any atom is 0.163 e. The highest BCUT2D eigenvalue weighted by Crippen LogP contribution is 2.35. The van der Waals surface area contributed by atoms with Gasteiger partial charge in [0.25, 0.3) is 0 Å². The third-order valence-corrected chi connectivity index (χ3v) is 2.86. The van der Waals surface area contributed by atoms with Crippen LogP contribution in [0.15, 0.2) is 18.2 Å². The van der Waals surface area contributed by atoms with E-state index in [0.717, 1.165) is 16.6 Å². The first-order valence-electron chi connectivity index (χ1n) is 6.02. The molecule has 0 radical (unpaired) electrons. The first-order chi connectivity index (χ1) is 8.65. The monoisotopic (exact) mass is 265 g/mol. The molecule has 0 aliphatic heterocycles. The molecule has 0 N–H and O–H groups in total. The number of ether oxygens (including phenoxy) is 2. The van der Waals surface area contributed by atoms with Crippen LogP contribution < -0.4 is 9.47 Å². The van der Waals surface area contributed by atoms with Gasteiger partial charge < -0.3 is 9.47 Å². The molecule has 0 bridgehead atoms. The lowest BCUT2D eigenvalue weighted by molar-refractivity contribution is 0.288. The van der Waals surface area contributed by atoms with E-state index in [1.54, 1.807) is 0 Å². The number of hydrogen-bond acceptors (Lipinski definition) is 3. The van der Waals surface area contributed by atoms with Gasteiger partial charge in [0.05, 0.1) is 23.8 Å². The normalized spacial score (nSPS) is 10.7. The molecule has 2 rings (SSSR count). The Kier molecular flexibility index (Phi) is 3.92. The average Bonchev–Trinajstić information content (AvgIpc) is 2.31. The van der Waals surface area contributed by atoms with Gasteiger partial charge in [-0.05, 0) is 32.9 Å². The van der Waals surface area contributed by atoms with Crippen molar-refractivity contribution < 1.29 is 9.47 Å². The molecule has 96 valence electrons. The zero-order valence-electron chi connectivity index (χ0n) is 10.8. The molecule has 1 aromatic heterocycles. The fourth-order valence-electron chi connectivity index (χ4n) is 1.85. The topological polar surface area (TPSA) is 31.4 Å². The summed E-state index contributed by atoms with van der Waals surface area (Å²) in [5.74, 6) is 1.42. The van der Waals surface area contributed by atoms with E-state index in [1.165, 1.54) is 0 Å². The van der Waals surface area contributed by atoms with Crippen molar-refractivity contribution in [3.05, 3.63) is 28.9 Å².